The third-order valence-electron chi connectivity index (χ3n) is 5.40. The van der Waals surface area contributed by atoms with Gasteiger partial charge in [-0.25, -0.2) is 19.6 Å². The standard InChI is InChI=1S/C23H34N4O6SSi/c1-22(2,3)33-21(31)27-17-10-9-14(11-24-17)19-26-16(13-34-19)18(28)25-15(20(29)30)12-32-35(7,8)23(4,5)6/h9-11,13,15H,12H2,1-8H3,(H,25,28)(H,29,30)(H,24,27,31)/t15-/m0/s1. The highest BCUT2D eigenvalue weighted by atomic mass is 32.1. The second-order valence-corrected chi connectivity index (χ2v) is 16.2. The molecule has 35 heavy (non-hydrogen) atoms. The van der Waals surface area contributed by atoms with Crippen molar-refractivity contribution >= 4 is 43.4 Å². The average molecular weight is 523 g/mol. The third-order valence-corrected chi connectivity index (χ3v) is 10.8. The summed E-state index contributed by atoms with van der Waals surface area (Å²) in [4.78, 5) is 44.7. The molecule has 0 aliphatic heterocycles. The van der Waals surface area contributed by atoms with Crippen molar-refractivity contribution in [1.82, 2.24) is 15.3 Å². The predicted molar refractivity (Wildman–Crippen MR) is 137 cm³/mol. The molecule has 0 aliphatic carbocycles. The summed E-state index contributed by atoms with van der Waals surface area (Å²) in [7, 11) is -2.18. The minimum atomic E-state index is -2.18. The van der Waals surface area contributed by atoms with E-state index in [-0.39, 0.29) is 17.3 Å². The van der Waals surface area contributed by atoms with Crippen LogP contribution in [0.3, 0.4) is 0 Å². The molecule has 2 aromatic heterocycles. The van der Waals surface area contributed by atoms with Gasteiger partial charge in [0.05, 0.1) is 6.61 Å². The molecule has 3 N–H and O–H groups in total. The van der Waals surface area contributed by atoms with Crippen LogP contribution in [0.25, 0.3) is 10.6 Å². The fraction of sp³-hybridized carbons (Fsp3) is 0.522. The number of ether oxygens (including phenoxy) is 1. The molecule has 0 aromatic carbocycles. The second kappa shape index (κ2) is 10.8. The maximum atomic E-state index is 12.7. The highest BCUT2D eigenvalue weighted by Crippen LogP contribution is 2.36. The number of hydrogen-bond acceptors (Lipinski definition) is 8. The molecule has 2 rings (SSSR count). The quantitative estimate of drug-likeness (QED) is 0.422. The van der Waals surface area contributed by atoms with Gasteiger partial charge in [-0.15, -0.1) is 11.3 Å². The Kier molecular flexibility index (Phi) is 8.79. The first-order valence-corrected chi connectivity index (χ1v) is 14.9. The Morgan fingerprint density at radius 3 is 2.31 bits per heavy atom. The monoisotopic (exact) mass is 522 g/mol. The molecule has 192 valence electrons. The van der Waals surface area contributed by atoms with E-state index in [4.69, 9.17) is 9.16 Å². The molecule has 2 heterocycles. The van der Waals surface area contributed by atoms with Crippen molar-refractivity contribution in [3.63, 3.8) is 0 Å². The number of aromatic nitrogens is 2. The van der Waals surface area contributed by atoms with Gasteiger partial charge in [0, 0.05) is 17.1 Å². The first-order valence-electron chi connectivity index (χ1n) is 11.1. The lowest BCUT2D eigenvalue weighted by Gasteiger charge is -2.36. The normalized spacial score (nSPS) is 13.1. The van der Waals surface area contributed by atoms with Crippen molar-refractivity contribution in [3.05, 3.63) is 29.4 Å². The van der Waals surface area contributed by atoms with E-state index < -0.39 is 37.9 Å². The Labute approximate surface area is 210 Å². The molecule has 0 radical (unpaired) electrons. The number of rotatable bonds is 8. The molecule has 0 bridgehead atoms. The zero-order chi connectivity index (χ0) is 26.6. The first kappa shape index (κ1) is 28.4. The van der Waals surface area contributed by atoms with Crippen LogP contribution in [0.5, 0.6) is 0 Å². The number of aliphatic carboxylic acids is 1. The molecule has 0 fully saturated rings. The number of carbonyl (C=O) groups excluding carboxylic acids is 2. The van der Waals surface area contributed by atoms with E-state index in [0.717, 1.165) is 0 Å². The number of thiazole rings is 1. The Morgan fingerprint density at radius 2 is 1.80 bits per heavy atom. The van der Waals surface area contributed by atoms with Crippen molar-refractivity contribution in [3.8, 4) is 10.6 Å². The van der Waals surface area contributed by atoms with E-state index in [1.54, 1.807) is 38.3 Å². The number of carboxylic acids is 1. The van der Waals surface area contributed by atoms with E-state index in [1.807, 2.05) is 13.1 Å². The number of nitrogens with zero attached hydrogens (tertiary/aromatic N) is 2. The van der Waals surface area contributed by atoms with Gasteiger partial charge >= 0.3 is 12.1 Å². The average Bonchev–Trinajstić information content (AvgIpc) is 3.19. The summed E-state index contributed by atoms with van der Waals surface area (Å²) in [6.07, 6.45) is 0.900. The first-order chi connectivity index (χ1) is 16.0. The van der Waals surface area contributed by atoms with Gasteiger partial charge in [-0.2, -0.15) is 0 Å². The maximum Gasteiger partial charge on any atom is 0.413 e. The van der Waals surface area contributed by atoms with E-state index in [1.165, 1.54) is 17.5 Å². The van der Waals surface area contributed by atoms with E-state index in [9.17, 15) is 19.5 Å². The lowest BCUT2D eigenvalue weighted by Crippen LogP contribution is -2.49. The van der Waals surface area contributed by atoms with E-state index in [2.05, 4.69) is 41.4 Å². The fourth-order valence-electron chi connectivity index (χ4n) is 2.43. The van der Waals surface area contributed by atoms with Crippen molar-refractivity contribution < 1.29 is 28.7 Å². The van der Waals surface area contributed by atoms with Crippen molar-refractivity contribution in [2.24, 2.45) is 0 Å². The Morgan fingerprint density at radius 1 is 1.14 bits per heavy atom. The summed E-state index contributed by atoms with van der Waals surface area (Å²) in [5, 5.41) is 16.6. The minimum absolute atomic E-state index is 0.0874. The molecular weight excluding hydrogens is 488 g/mol. The van der Waals surface area contributed by atoms with Crippen LogP contribution in [0.15, 0.2) is 23.7 Å². The van der Waals surface area contributed by atoms with Gasteiger partial charge in [0.2, 0.25) is 0 Å². The van der Waals surface area contributed by atoms with Crippen LogP contribution in [0.2, 0.25) is 18.1 Å². The van der Waals surface area contributed by atoms with Gasteiger partial charge in [-0.1, -0.05) is 20.8 Å². The summed E-state index contributed by atoms with van der Waals surface area (Å²) < 4.78 is 11.2. The highest BCUT2D eigenvalue weighted by molar-refractivity contribution is 7.13. The zero-order valence-electron chi connectivity index (χ0n) is 21.4. The van der Waals surface area contributed by atoms with Gasteiger partial charge in [0.15, 0.2) is 8.32 Å². The Bertz CT molecular complexity index is 1060. The van der Waals surface area contributed by atoms with Crippen LogP contribution in [-0.4, -0.2) is 59.6 Å². The Hall–Kier alpha value is -2.83. The maximum absolute atomic E-state index is 12.7. The van der Waals surface area contributed by atoms with Gasteiger partial charge < -0.3 is 19.6 Å². The van der Waals surface area contributed by atoms with E-state index in [0.29, 0.717) is 16.4 Å². The second-order valence-electron chi connectivity index (χ2n) is 10.5. The zero-order valence-corrected chi connectivity index (χ0v) is 23.2. The van der Waals surface area contributed by atoms with Gasteiger partial charge in [-0.05, 0) is 51.0 Å². The van der Waals surface area contributed by atoms with Crippen LogP contribution in [-0.2, 0) is 14.0 Å². The molecule has 0 saturated heterocycles. The number of carbonyl (C=O) groups is 3. The van der Waals surface area contributed by atoms with Crippen LogP contribution in [0, 0.1) is 0 Å². The smallest absolute Gasteiger partial charge is 0.413 e. The molecule has 0 unspecified atom stereocenters. The highest BCUT2D eigenvalue weighted by Gasteiger charge is 2.38. The number of pyridine rings is 1. The number of carboxylic acid groups (broad SMARTS) is 1. The van der Waals surface area contributed by atoms with Crippen LogP contribution < -0.4 is 10.6 Å². The predicted octanol–water partition coefficient (Wildman–Crippen LogP) is 4.76. The summed E-state index contributed by atoms with van der Waals surface area (Å²) in [6, 6.07) is 2.11. The van der Waals surface area contributed by atoms with Crippen molar-refractivity contribution in [2.45, 2.75) is 71.3 Å². The minimum Gasteiger partial charge on any atom is -0.480 e. The summed E-state index contributed by atoms with van der Waals surface area (Å²) in [6.45, 7) is 15.4. The SMILES string of the molecule is CC(C)(C)OC(=O)Nc1ccc(-c2nc(C(=O)N[C@@H](CO[Si](C)(C)C(C)(C)C)C(=O)O)cs2)cn1. The summed E-state index contributed by atoms with van der Waals surface area (Å²) in [5.74, 6) is -1.47. The van der Waals surface area contributed by atoms with Gasteiger partial charge in [0.1, 0.15) is 28.2 Å². The molecule has 2 aromatic rings. The van der Waals surface area contributed by atoms with E-state index >= 15 is 0 Å². The number of amides is 2. The largest absolute Gasteiger partial charge is 0.480 e. The molecular formula is C23H34N4O6SSi. The van der Waals surface area contributed by atoms with Crippen LogP contribution in [0.1, 0.15) is 52.0 Å². The van der Waals surface area contributed by atoms with Gasteiger partial charge in [-0.3, -0.25) is 10.1 Å². The molecule has 2 amide bonds. The summed E-state index contributed by atoms with van der Waals surface area (Å²) >= 11 is 1.22. The van der Waals surface area contributed by atoms with Crippen molar-refractivity contribution in [1.29, 1.82) is 0 Å². The molecule has 12 heteroatoms. The molecule has 0 spiro atoms. The fourth-order valence-corrected chi connectivity index (χ4v) is 4.24. The topological polar surface area (TPSA) is 140 Å². The molecule has 0 aliphatic rings. The lowest BCUT2D eigenvalue weighted by atomic mass is 10.2. The lowest BCUT2D eigenvalue weighted by molar-refractivity contribution is -0.140. The number of hydrogen-bond donors (Lipinski definition) is 3. The summed E-state index contributed by atoms with van der Waals surface area (Å²) in [5.41, 5.74) is 0.109. The van der Waals surface area contributed by atoms with Crippen molar-refractivity contribution in [2.75, 3.05) is 11.9 Å². The molecule has 1 atom stereocenters. The third kappa shape index (κ3) is 8.40. The molecule has 10 nitrogen and oxygen atoms in total. The van der Waals surface area contributed by atoms with Crippen LogP contribution in [0.4, 0.5) is 10.6 Å². The Balaban J connectivity index is 2.03. The van der Waals surface area contributed by atoms with Crippen LogP contribution >= 0.6 is 11.3 Å². The number of nitrogens with one attached hydrogen (secondary N) is 2. The van der Waals surface area contributed by atoms with Gasteiger partial charge in [0.25, 0.3) is 5.91 Å². The number of anilines is 1. The molecule has 0 saturated carbocycles.